The second kappa shape index (κ2) is 7.22. The van der Waals surface area contributed by atoms with E-state index < -0.39 is 15.4 Å². The van der Waals surface area contributed by atoms with Crippen LogP contribution in [0.4, 0.5) is 5.69 Å². The highest BCUT2D eigenvalue weighted by molar-refractivity contribution is 9.10. The average molecular weight is 556 g/mol. The van der Waals surface area contributed by atoms with Gasteiger partial charge in [0.1, 0.15) is 5.78 Å². The van der Waals surface area contributed by atoms with Gasteiger partial charge in [-0.05, 0) is 54.0 Å². The predicted octanol–water partition coefficient (Wildman–Crippen LogP) is 6.42. The molecule has 1 unspecified atom stereocenters. The Morgan fingerprint density at radius 1 is 1.11 bits per heavy atom. The van der Waals surface area contributed by atoms with E-state index in [0.29, 0.717) is 18.4 Å². The standard InChI is InChI=1S/C28H31BrN2O3S/c1-26(2)21-14-18(29)9-10-22(21)30-25(26)20-15-31(23-8-6-5-7-19(20)23)35(33,34)16-28-12-11-17(13-24(28)32)27(28,3)4/h5-10,14-15,17,25,30H,11-13,16H2,1-4H3/t17-,25?,28+/m0/s1. The lowest BCUT2D eigenvalue weighted by atomic mass is 9.70. The second-order valence-electron chi connectivity index (χ2n) is 11.8. The van der Waals surface area contributed by atoms with Gasteiger partial charge in [0.25, 0.3) is 0 Å². The van der Waals surface area contributed by atoms with E-state index in [4.69, 9.17) is 0 Å². The third-order valence-electron chi connectivity index (χ3n) is 9.58. The molecule has 6 rings (SSSR count). The van der Waals surface area contributed by atoms with Gasteiger partial charge in [0.2, 0.25) is 10.0 Å². The topological polar surface area (TPSA) is 68.2 Å². The molecule has 3 aromatic rings. The monoisotopic (exact) mass is 554 g/mol. The van der Waals surface area contributed by atoms with E-state index >= 15 is 0 Å². The molecule has 0 saturated heterocycles. The SMILES string of the molecule is CC1(C)c2cc(Br)ccc2NC1c1cn(S(=O)(=O)C[C@]23CC[C@@H](CC2=O)C3(C)C)c2ccccc12. The quantitative estimate of drug-likeness (QED) is 0.404. The lowest BCUT2D eigenvalue weighted by molar-refractivity contribution is -0.128. The number of Topliss-reactive ketones (excluding diaryl/α,β-unsaturated/α-hetero) is 1. The number of halogens is 1. The number of nitrogens with zero attached hydrogens (tertiary/aromatic N) is 1. The molecule has 184 valence electrons. The van der Waals surface area contributed by atoms with Gasteiger partial charge in [-0.15, -0.1) is 0 Å². The first-order valence-electron chi connectivity index (χ1n) is 12.3. The summed E-state index contributed by atoms with van der Waals surface area (Å²) in [7, 11) is -3.78. The lowest BCUT2D eigenvalue weighted by Gasteiger charge is -2.36. The Balaban J connectivity index is 1.47. The van der Waals surface area contributed by atoms with E-state index in [1.165, 1.54) is 9.54 Å². The Labute approximate surface area is 215 Å². The van der Waals surface area contributed by atoms with E-state index in [2.05, 4.69) is 61.1 Å². The molecule has 0 radical (unpaired) electrons. The van der Waals surface area contributed by atoms with Crippen molar-refractivity contribution in [2.24, 2.45) is 16.7 Å². The van der Waals surface area contributed by atoms with Gasteiger partial charge in [0.05, 0.1) is 22.7 Å². The normalized spacial score (nSPS) is 28.4. The zero-order chi connectivity index (χ0) is 25.0. The van der Waals surface area contributed by atoms with Crippen LogP contribution in [0.1, 0.15) is 64.1 Å². The molecule has 2 bridgehead atoms. The Morgan fingerprint density at radius 2 is 1.86 bits per heavy atom. The van der Waals surface area contributed by atoms with Crippen molar-refractivity contribution in [1.82, 2.24) is 3.97 Å². The highest BCUT2D eigenvalue weighted by Crippen LogP contribution is 2.64. The molecule has 2 fully saturated rings. The Bertz CT molecular complexity index is 1500. The van der Waals surface area contributed by atoms with Crippen molar-refractivity contribution in [3.63, 3.8) is 0 Å². The van der Waals surface area contributed by atoms with Gasteiger partial charge in [0, 0.05) is 39.1 Å². The zero-order valence-corrected chi connectivity index (χ0v) is 23.0. The maximum Gasteiger partial charge on any atom is 0.240 e. The number of rotatable bonds is 4. The minimum absolute atomic E-state index is 0.0910. The predicted molar refractivity (Wildman–Crippen MR) is 143 cm³/mol. The summed E-state index contributed by atoms with van der Waals surface area (Å²) in [6, 6.07) is 13.9. The maximum atomic E-state index is 14.1. The highest BCUT2D eigenvalue weighted by Gasteiger charge is 2.65. The van der Waals surface area contributed by atoms with Gasteiger partial charge in [-0.1, -0.05) is 61.8 Å². The van der Waals surface area contributed by atoms with Crippen molar-refractivity contribution in [1.29, 1.82) is 0 Å². The van der Waals surface area contributed by atoms with E-state index in [0.717, 1.165) is 27.5 Å². The minimum atomic E-state index is -3.78. The van der Waals surface area contributed by atoms with Gasteiger partial charge >= 0.3 is 0 Å². The maximum absolute atomic E-state index is 14.1. The fraction of sp³-hybridized carbons (Fsp3) is 0.464. The van der Waals surface area contributed by atoms with Gasteiger partial charge in [-0.3, -0.25) is 4.79 Å². The van der Waals surface area contributed by atoms with Gasteiger partial charge in [-0.2, -0.15) is 0 Å². The minimum Gasteiger partial charge on any atom is -0.377 e. The van der Waals surface area contributed by atoms with E-state index in [1.54, 1.807) is 6.20 Å². The third-order valence-corrected chi connectivity index (χ3v) is 11.8. The summed E-state index contributed by atoms with van der Waals surface area (Å²) < 4.78 is 30.6. The summed E-state index contributed by atoms with van der Waals surface area (Å²) in [6.45, 7) is 8.57. The number of nitrogens with one attached hydrogen (secondary N) is 1. The summed E-state index contributed by atoms with van der Waals surface area (Å²) in [5.41, 5.74) is 2.55. The van der Waals surface area contributed by atoms with Crippen molar-refractivity contribution in [2.75, 3.05) is 11.1 Å². The molecule has 0 amide bonds. The summed E-state index contributed by atoms with van der Waals surface area (Å²) in [4.78, 5) is 13.1. The first-order valence-corrected chi connectivity index (χ1v) is 14.7. The molecule has 1 N–H and O–H groups in total. The molecule has 2 saturated carbocycles. The zero-order valence-electron chi connectivity index (χ0n) is 20.6. The first kappa shape index (κ1) is 23.3. The van der Waals surface area contributed by atoms with Crippen LogP contribution in [0, 0.1) is 16.7 Å². The fourth-order valence-corrected chi connectivity index (χ4v) is 9.79. The summed E-state index contributed by atoms with van der Waals surface area (Å²) in [6.07, 6.45) is 3.90. The van der Waals surface area contributed by atoms with E-state index in [1.807, 2.05) is 30.3 Å². The van der Waals surface area contributed by atoms with Crippen LogP contribution in [-0.2, 0) is 20.2 Å². The number of anilines is 1. The number of carbonyl (C=O) groups excluding carboxylic acids is 1. The van der Waals surface area contributed by atoms with Gasteiger partial charge in [0.15, 0.2) is 0 Å². The lowest BCUT2D eigenvalue weighted by Crippen LogP contribution is -2.43. The van der Waals surface area contributed by atoms with Crippen LogP contribution in [0.2, 0.25) is 0 Å². The number of fused-ring (bicyclic) bond motifs is 4. The molecule has 2 aliphatic carbocycles. The number of ketones is 1. The molecular weight excluding hydrogens is 524 g/mol. The molecule has 1 aromatic heterocycles. The van der Waals surface area contributed by atoms with Crippen LogP contribution in [0.25, 0.3) is 10.9 Å². The largest absolute Gasteiger partial charge is 0.377 e. The molecule has 2 aromatic carbocycles. The Kier molecular flexibility index (Phi) is 4.81. The number of para-hydroxylation sites is 1. The fourth-order valence-electron chi connectivity index (χ4n) is 7.26. The number of carbonyl (C=O) groups is 1. The van der Waals surface area contributed by atoms with Crippen molar-refractivity contribution < 1.29 is 13.2 Å². The summed E-state index contributed by atoms with van der Waals surface area (Å²) >= 11 is 3.59. The summed E-state index contributed by atoms with van der Waals surface area (Å²) in [5.74, 6) is 0.275. The average Bonchev–Trinajstić information content (AvgIpc) is 3.42. The molecule has 3 atom stereocenters. The molecule has 7 heteroatoms. The second-order valence-corrected chi connectivity index (χ2v) is 14.6. The van der Waals surface area contributed by atoms with Gasteiger partial charge < -0.3 is 5.32 Å². The van der Waals surface area contributed by atoms with Crippen LogP contribution in [0.5, 0.6) is 0 Å². The van der Waals surface area contributed by atoms with E-state index in [-0.39, 0.29) is 34.3 Å². The summed E-state index contributed by atoms with van der Waals surface area (Å²) in [5, 5.41) is 4.58. The van der Waals surface area contributed by atoms with E-state index in [9.17, 15) is 13.2 Å². The number of benzene rings is 2. The van der Waals surface area contributed by atoms with Gasteiger partial charge in [-0.25, -0.2) is 12.4 Å². The molecule has 0 spiro atoms. The number of hydrogen-bond donors (Lipinski definition) is 1. The molecular formula is C28H31BrN2O3S. The molecule has 5 nitrogen and oxygen atoms in total. The van der Waals surface area contributed by atoms with Crippen LogP contribution in [0.15, 0.2) is 53.1 Å². The highest BCUT2D eigenvalue weighted by atomic mass is 79.9. The number of aromatic nitrogens is 1. The van der Waals surface area contributed by atoms with Crippen molar-refractivity contribution in [2.45, 2.75) is 58.4 Å². The van der Waals surface area contributed by atoms with Crippen molar-refractivity contribution in [3.05, 3.63) is 64.3 Å². The molecule has 1 aliphatic heterocycles. The smallest absolute Gasteiger partial charge is 0.240 e. The Hall–Kier alpha value is -2.12. The Morgan fingerprint density at radius 3 is 2.54 bits per heavy atom. The third kappa shape index (κ3) is 3.03. The van der Waals surface area contributed by atoms with Crippen LogP contribution in [0.3, 0.4) is 0 Å². The van der Waals surface area contributed by atoms with Crippen molar-refractivity contribution in [3.8, 4) is 0 Å². The molecule has 2 heterocycles. The van der Waals surface area contributed by atoms with Crippen LogP contribution < -0.4 is 5.32 Å². The first-order chi connectivity index (χ1) is 16.4. The molecule has 35 heavy (non-hydrogen) atoms. The van der Waals surface area contributed by atoms with Crippen LogP contribution >= 0.6 is 15.9 Å². The molecule has 3 aliphatic rings. The van der Waals surface area contributed by atoms with Crippen molar-refractivity contribution >= 4 is 48.3 Å². The van der Waals surface area contributed by atoms with Crippen LogP contribution in [-0.4, -0.2) is 23.9 Å². The number of hydrogen-bond acceptors (Lipinski definition) is 4.